The van der Waals surface area contributed by atoms with Gasteiger partial charge in [0.05, 0.1) is 5.69 Å². The number of hydrogen-bond donors (Lipinski definition) is 1. The predicted octanol–water partition coefficient (Wildman–Crippen LogP) is 3.05. The highest BCUT2D eigenvalue weighted by atomic mass is 15.3. The van der Waals surface area contributed by atoms with Crippen molar-refractivity contribution in [2.45, 2.75) is 31.5 Å². The summed E-state index contributed by atoms with van der Waals surface area (Å²) in [5, 5.41) is 3.56. The Bertz CT molecular complexity index is 666. The van der Waals surface area contributed by atoms with Crippen LogP contribution in [0.4, 0.5) is 0 Å². The number of fused-ring (bicyclic) bond motifs is 2. The maximum atomic E-state index is 4.49. The number of nitrogens with one attached hydrogen (secondary N) is 1. The lowest BCUT2D eigenvalue weighted by Crippen LogP contribution is -2.72. The summed E-state index contributed by atoms with van der Waals surface area (Å²) in [5.74, 6) is 0.652. The Labute approximate surface area is 138 Å². The summed E-state index contributed by atoms with van der Waals surface area (Å²) in [5.41, 5.74) is 3.93. The van der Waals surface area contributed by atoms with Gasteiger partial charge in [-0.15, -0.1) is 0 Å². The van der Waals surface area contributed by atoms with E-state index in [9.17, 15) is 0 Å². The third-order valence-corrected chi connectivity index (χ3v) is 5.14. The number of nitrogens with zero attached hydrogens (tertiary/aromatic N) is 2. The second-order valence-corrected chi connectivity index (χ2v) is 6.48. The fourth-order valence-electron chi connectivity index (χ4n) is 4.06. The van der Waals surface area contributed by atoms with Crippen molar-refractivity contribution in [1.29, 1.82) is 0 Å². The lowest BCUT2D eigenvalue weighted by atomic mass is 9.72. The minimum absolute atomic E-state index is 0.586. The van der Waals surface area contributed by atoms with Crippen molar-refractivity contribution in [2.24, 2.45) is 0 Å². The Hall–Kier alpha value is -1.97. The van der Waals surface area contributed by atoms with Crippen molar-refractivity contribution in [3.63, 3.8) is 0 Å². The van der Waals surface area contributed by atoms with Gasteiger partial charge in [-0.05, 0) is 30.2 Å². The van der Waals surface area contributed by atoms with Crippen LogP contribution in [0.1, 0.15) is 29.7 Å². The second-order valence-electron chi connectivity index (χ2n) is 6.48. The molecule has 3 nitrogen and oxygen atoms in total. The fourth-order valence-corrected chi connectivity index (χ4v) is 4.06. The minimum Gasteiger partial charge on any atom is -0.314 e. The minimum atomic E-state index is 0.586. The molecule has 0 saturated carbocycles. The van der Waals surface area contributed by atoms with E-state index in [4.69, 9.17) is 0 Å². The Kier molecular flexibility index (Phi) is 3.98. The molecule has 0 aliphatic carbocycles. The van der Waals surface area contributed by atoms with E-state index < -0.39 is 0 Å². The molecule has 2 aliphatic rings. The van der Waals surface area contributed by atoms with Crippen LogP contribution in [0.15, 0.2) is 54.7 Å². The largest absolute Gasteiger partial charge is 0.314 e. The number of likely N-dealkylation sites (tertiary alicyclic amines) is 1. The molecule has 1 unspecified atom stereocenters. The van der Waals surface area contributed by atoms with Gasteiger partial charge >= 0.3 is 0 Å². The number of piperazine rings is 1. The van der Waals surface area contributed by atoms with Gasteiger partial charge < -0.3 is 5.32 Å². The first-order chi connectivity index (χ1) is 11.4. The molecule has 1 aromatic carbocycles. The Morgan fingerprint density at radius 2 is 1.91 bits per heavy atom. The number of piperidine rings is 1. The molecule has 3 heterocycles. The topological polar surface area (TPSA) is 28.2 Å². The zero-order valence-corrected chi connectivity index (χ0v) is 13.5. The quantitative estimate of drug-likeness (QED) is 0.941. The molecule has 4 rings (SSSR count). The van der Waals surface area contributed by atoms with E-state index in [1.54, 1.807) is 0 Å². The van der Waals surface area contributed by atoms with Gasteiger partial charge in [-0.25, -0.2) is 0 Å². The monoisotopic (exact) mass is 305 g/mol. The van der Waals surface area contributed by atoms with Gasteiger partial charge in [0, 0.05) is 43.8 Å². The van der Waals surface area contributed by atoms with E-state index in [-0.39, 0.29) is 0 Å². The summed E-state index contributed by atoms with van der Waals surface area (Å²) in [7, 11) is 0. The van der Waals surface area contributed by atoms with Crippen molar-refractivity contribution in [2.75, 3.05) is 13.1 Å². The molecule has 2 fully saturated rings. The molecule has 118 valence electrons. The zero-order valence-electron chi connectivity index (χ0n) is 13.5. The highest BCUT2D eigenvalue weighted by Gasteiger charge is 2.50. The van der Waals surface area contributed by atoms with E-state index >= 15 is 0 Å². The summed E-state index contributed by atoms with van der Waals surface area (Å²) < 4.78 is 0. The molecule has 0 spiro atoms. The van der Waals surface area contributed by atoms with Crippen LogP contribution in [-0.4, -0.2) is 35.1 Å². The van der Waals surface area contributed by atoms with Gasteiger partial charge in [0.2, 0.25) is 0 Å². The smallest absolute Gasteiger partial charge is 0.0544 e. The standard InChI is InChI=1S/C20H23N3/c1-2-5-15-7-9-16(10-8-15)20-18-12-21-13-19(20)23(18)14-17-6-3-4-11-22-17/h2-11,18-21H,12-14H2,1H3/b5-2+/t18-,19+,20?. The summed E-state index contributed by atoms with van der Waals surface area (Å²) in [6.45, 7) is 5.17. The summed E-state index contributed by atoms with van der Waals surface area (Å²) in [6.07, 6.45) is 6.13. The third-order valence-electron chi connectivity index (χ3n) is 5.14. The highest BCUT2D eigenvalue weighted by molar-refractivity contribution is 5.50. The van der Waals surface area contributed by atoms with E-state index in [0.29, 0.717) is 18.0 Å². The molecule has 1 N–H and O–H groups in total. The van der Waals surface area contributed by atoms with E-state index in [1.165, 1.54) is 16.8 Å². The fraction of sp³-hybridized carbons (Fsp3) is 0.350. The van der Waals surface area contributed by atoms with Gasteiger partial charge in [-0.2, -0.15) is 0 Å². The number of benzene rings is 1. The lowest BCUT2D eigenvalue weighted by Gasteiger charge is -2.59. The molecule has 1 aromatic heterocycles. The number of pyridine rings is 1. The van der Waals surface area contributed by atoms with Crippen molar-refractivity contribution >= 4 is 6.08 Å². The predicted molar refractivity (Wildman–Crippen MR) is 94.1 cm³/mol. The van der Waals surface area contributed by atoms with Crippen molar-refractivity contribution in [3.8, 4) is 0 Å². The van der Waals surface area contributed by atoms with Crippen LogP contribution in [0.3, 0.4) is 0 Å². The van der Waals surface area contributed by atoms with Crippen molar-refractivity contribution in [3.05, 3.63) is 71.6 Å². The van der Waals surface area contributed by atoms with Crippen LogP contribution in [-0.2, 0) is 6.54 Å². The molecule has 2 saturated heterocycles. The Balaban J connectivity index is 1.51. The Morgan fingerprint density at radius 1 is 1.13 bits per heavy atom. The molecule has 2 bridgehead atoms. The summed E-state index contributed by atoms with van der Waals surface area (Å²) >= 11 is 0. The van der Waals surface area contributed by atoms with E-state index in [1.807, 2.05) is 12.3 Å². The highest BCUT2D eigenvalue weighted by Crippen LogP contribution is 2.43. The van der Waals surface area contributed by atoms with Crippen LogP contribution in [0.5, 0.6) is 0 Å². The van der Waals surface area contributed by atoms with Gasteiger partial charge in [-0.1, -0.05) is 42.5 Å². The number of hydrogen-bond acceptors (Lipinski definition) is 3. The van der Waals surface area contributed by atoms with Gasteiger partial charge in [-0.3, -0.25) is 9.88 Å². The SMILES string of the molecule is C/C=C/c1ccc(C2[C@H]3CNC[C@@H]2N3Cc2ccccn2)cc1. The van der Waals surface area contributed by atoms with Crippen molar-refractivity contribution < 1.29 is 0 Å². The molecule has 0 amide bonds. The van der Waals surface area contributed by atoms with Crippen molar-refractivity contribution in [1.82, 2.24) is 15.2 Å². The molecule has 3 heteroatoms. The normalized spacial score (nSPS) is 27.1. The van der Waals surface area contributed by atoms with Gasteiger partial charge in [0.1, 0.15) is 0 Å². The molecule has 0 radical (unpaired) electrons. The number of allylic oxidation sites excluding steroid dienone is 1. The summed E-state index contributed by atoms with van der Waals surface area (Å²) in [6, 6.07) is 16.5. The maximum Gasteiger partial charge on any atom is 0.0544 e. The van der Waals surface area contributed by atoms with Crippen LogP contribution in [0.2, 0.25) is 0 Å². The first kappa shape index (κ1) is 14.6. The average molecular weight is 305 g/mol. The van der Waals surface area contributed by atoms with Gasteiger partial charge in [0.15, 0.2) is 0 Å². The zero-order chi connectivity index (χ0) is 15.6. The second kappa shape index (κ2) is 6.26. The average Bonchev–Trinajstić information content (AvgIpc) is 2.62. The molecular formula is C20H23N3. The molecule has 2 aromatic rings. The van der Waals surface area contributed by atoms with Crippen LogP contribution >= 0.6 is 0 Å². The molecule has 3 atom stereocenters. The lowest BCUT2D eigenvalue weighted by molar-refractivity contribution is -0.0491. The van der Waals surface area contributed by atoms with Crippen LogP contribution < -0.4 is 5.32 Å². The van der Waals surface area contributed by atoms with E-state index in [2.05, 4.69) is 70.7 Å². The number of rotatable bonds is 4. The number of aromatic nitrogens is 1. The molecule has 2 aliphatic heterocycles. The summed E-state index contributed by atoms with van der Waals surface area (Å²) in [4.78, 5) is 7.10. The maximum absolute atomic E-state index is 4.49. The van der Waals surface area contributed by atoms with E-state index in [0.717, 1.165) is 19.6 Å². The molecular weight excluding hydrogens is 282 g/mol. The Morgan fingerprint density at radius 3 is 2.57 bits per heavy atom. The van der Waals surface area contributed by atoms with Crippen LogP contribution in [0, 0.1) is 0 Å². The third kappa shape index (κ3) is 2.71. The first-order valence-corrected chi connectivity index (χ1v) is 8.46. The first-order valence-electron chi connectivity index (χ1n) is 8.46. The van der Waals surface area contributed by atoms with Crippen LogP contribution in [0.25, 0.3) is 6.08 Å². The molecule has 23 heavy (non-hydrogen) atoms. The van der Waals surface area contributed by atoms with Gasteiger partial charge in [0.25, 0.3) is 0 Å².